The van der Waals surface area contributed by atoms with E-state index in [1.165, 1.54) is 12.1 Å². The first-order chi connectivity index (χ1) is 11.7. The molecule has 25 heavy (non-hydrogen) atoms. The van der Waals surface area contributed by atoms with Crippen LogP contribution in [0.4, 0.5) is 23.2 Å². The van der Waals surface area contributed by atoms with Crippen LogP contribution < -0.4 is 0 Å². The molecule has 134 valence electrons. The minimum Gasteiger partial charge on any atom is -0.362 e. The number of aliphatic imine (C=N–C) groups is 1. The average molecular weight is 370 g/mol. The first-order valence-electron chi connectivity index (χ1n) is 7.48. The molecule has 0 saturated carbocycles. The van der Waals surface area contributed by atoms with Crippen LogP contribution in [0.15, 0.2) is 52.4 Å². The third kappa shape index (κ3) is 5.49. The van der Waals surface area contributed by atoms with E-state index in [2.05, 4.69) is 4.99 Å². The molecule has 0 aromatic heterocycles. The van der Waals surface area contributed by atoms with Gasteiger partial charge in [-0.15, -0.1) is 11.8 Å². The van der Waals surface area contributed by atoms with Crippen LogP contribution in [0, 0.1) is 12.7 Å². The maximum atomic E-state index is 14.3. The lowest BCUT2D eigenvalue weighted by atomic mass is 10.2. The Bertz CT molecular complexity index is 756. The van der Waals surface area contributed by atoms with Crippen LogP contribution in [0.5, 0.6) is 0 Å². The number of rotatable bonds is 4. The minimum absolute atomic E-state index is 0.0165. The summed E-state index contributed by atoms with van der Waals surface area (Å²) in [5, 5.41) is 0. The standard InChI is InChI=1S/C18H18F4N2S/c1-12-9-14(19)15(10-16(12)25-11-18(20,21)22)23-17(24(2)3)13-7-5-4-6-8-13/h4-10H,11H2,1-3H3/b23-17-. The number of thioether (sulfide) groups is 1. The Morgan fingerprint density at radius 2 is 1.76 bits per heavy atom. The molecule has 2 aromatic carbocycles. The molecule has 0 spiro atoms. The SMILES string of the molecule is Cc1cc(F)c(/N=C(/c2ccccc2)N(C)C)cc1SCC(F)(F)F. The van der Waals surface area contributed by atoms with Gasteiger partial charge in [0.25, 0.3) is 0 Å². The summed E-state index contributed by atoms with van der Waals surface area (Å²) in [6.07, 6.45) is -4.28. The molecule has 0 atom stereocenters. The second kappa shape index (κ2) is 7.91. The highest BCUT2D eigenvalue weighted by Crippen LogP contribution is 2.33. The fourth-order valence-corrected chi connectivity index (χ4v) is 2.97. The normalized spacial score (nSPS) is 12.4. The Hall–Kier alpha value is -2.02. The van der Waals surface area contributed by atoms with Gasteiger partial charge < -0.3 is 4.90 Å². The van der Waals surface area contributed by atoms with E-state index in [0.29, 0.717) is 28.1 Å². The van der Waals surface area contributed by atoms with Crippen LogP contribution in [0.3, 0.4) is 0 Å². The number of hydrogen-bond acceptors (Lipinski definition) is 2. The molecule has 0 saturated heterocycles. The van der Waals surface area contributed by atoms with E-state index in [-0.39, 0.29) is 5.69 Å². The second-order valence-electron chi connectivity index (χ2n) is 5.67. The van der Waals surface area contributed by atoms with Gasteiger partial charge in [0.15, 0.2) is 0 Å². The van der Waals surface area contributed by atoms with Gasteiger partial charge in [0, 0.05) is 24.6 Å². The van der Waals surface area contributed by atoms with Crippen molar-refractivity contribution < 1.29 is 17.6 Å². The average Bonchev–Trinajstić information content (AvgIpc) is 2.52. The lowest BCUT2D eigenvalue weighted by Crippen LogP contribution is -2.22. The monoisotopic (exact) mass is 370 g/mol. The largest absolute Gasteiger partial charge is 0.398 e. The Kier molecular flexibility index (Phi) is 6.11. The number of benzene rings is 2. The topological polar surface area (TPSA) is 15.6 Å². The van der Waals surface area contributed by atoms with Gasteiger partial charge in [0.05, 0.1) is 5.75 Å². The Morgan fingerprint density at radius 3 is 2.32 bits per heavy atom. The predicted molar refractivity (Wildman–Crippen MR) is 94.2 cm³/mol. The molecule has 0 unspecified atom stereocenters. The van der Waals surface area contributed by atoms with Crippen molar-refractivity contribution in [3.05, 3.63) is 59.4 Å². The number of alkyl halides is 3. The summed E-state index contributed by atoms with van der Waals surface area (Å²) in [6, 6.07) is 11.8. The van der Waals surface area contributed by atoms with Crippen molar-refractivity contribution in [3.63, 3.8) is 0 Å². The van der Waals surface area contributed by atoms with E-state index in [1.54, 1.807) is 25.9 Å². The lowest BCUT2D eigenvalue weighted by molar-refractivity contribution is -0.105. The summed E-state index contributed by atoms with van der Waals surface area (Å²) in [5.41, 5.74) is 1.26. The maximum absolute atomic E-state index is 14.3. The molecule has 0 fully saturated rings. The van der Waals surface area contributed by atoms with Crippen LogP contribution in [0.25, 0.3) is 0 Å². The summed E-state index contributed by atoms with van der Waals surface area (Å²) < 4.78 is 51.7. The Balaban J connectivity index is 2.43. The summed E-state index contributed by atoms with van der Waals surface area (Å²) >= 11 is 0.634. The van der Waals surface area contributed by atoms with E-state index in [0.717, 1.165) is 5.56 Å². The number of aryl methyl sites for hydroxylation is 1. The summed E-state index contributed by atoms with van der Waals surface area (Å²) in [6.45, 7) is 1.58. The fraction of sp³-hybridized carbons (Fsp3) is 0.278. The van der Waals surface area contributed by atoms with E-state index in [9.17, 15) is 17.6 Å². The molecule has 0 radical (unpaired) electrons. The zero-order chi connectivity index (χ0) is 18.6. The van der Waals surface area contributed by atoms with Gasteiger partial charge in [0.1, 0.15) is 17.3 Å². The van der Waals surface area contributed by atoms with Crippen molar-refractivity contribution >= 4 is 23.3 Å². The molecule has 0 aliphatic carbocycles. The molecule has 0 aliphatic rings. The molecule has 2 aromatic rings. The molecule has 0 aliphatic heterocycles. The predicted octanol–water partition coefficient (Wildman–Crippen LogP) is 5.43. The molecule has 7 heteroatoms. The quantitative estimate of drug-likeness (QED) is 0.309. The Labute approximate surface area is 148 Å². The molecule has 2 nitrogen and oxygen atoms in total. The van der Waals surface area contributed by atoms with Crippen molar-refractivity contribution in [3.8, 4) is 0 Å². The van der Waals surface area contributed by atoms with Crippen molar-refractivity contribution in [2.45, 2.75) is 18.0 Å². The summed E-state index contributed by atoms with van der Waals surface area (Å²) in [5.74, 6) is -1.07. The van der Waals surface area contributed by atoms with E-state index >= 15 is 0 Å². The molecular weight excluding hydrogens is 352 g/mol. The third-order valence-electron chi connectivity index (χ3n) is 3.32. The van der Waals surface area contributed by atoms with Crippen LogP contribution in [0.2, 0.25) is 0 Å². The van der Waals surface area contributed by atoms with Crippen molar-refractivity contribution in [1.29, 1.82) is 0 Å². The van der Waals surface area contributed by atoms with Crippen LogP contribution in [0.1, 0.15) is 11.1 Å². The fourth-order valence-electron chi connectivity index (χ4n) is 2.17. The van der Waals surface area contributed by atoms with Gasteiger partial charge in [-0.25, -0.2) is 9.38 Å². The van der Waals surface area contributed by atoms with Gasteiger partial charge in [-0.05, 0) is 24.6 Å². The zero-order valence-electron chi connectivity index (χ0n) is 14.1. The highest BCUT2D eigenvalue weighted by molar-refractivity contribution is 7.99. The molecule has 0 amide bonds. The highest BCUT2D eigenvalue weighted by Gasteiger charge is 2.27. The zero-order valence-corrected chi connectivity index (χ0v) is 14.9. The number of hydrogen-bond donors (Lipinski definition) is 0. The van der Waals surface area contributed by atoms with Crippen molar-refractivity contribution in [2.75, 3.05) is 19.8 Å². The number of amidine groups is 1. The minimum atomic E-state index is -4.28. The van der Waals surface area contributed by atoms with Crippen molar-refractivity contribution in [2.24, 2.45) is 4.99 Å². The highest BCUT2D eigenvalue weighted by atomic mass is 32.2. The van der Waals surface area contributed by atoms with Gasteiger partial charge in [-0.1, -0.05) is 30.3 Å². The number of halogens is 4. The Morgan fingerprint density at radius 1 is 1.12 bits per heavy atom. The molecule has 0 N–H and O–H groups in total. The maximum Gasteiger partial charge on any atom is 0.398 e. The van der Waals surface area contributed by atoms with Gasteiger partial charge in [-0.3, -0.25) is 0 Å². The van der Waals surface area contributed by atoms with E-state index in [1.807, 2.05) is 30.3 Å². The lowest BCUT2D eigenvalue weighted by Gasteiger charge is -2.17. The third-order valence-corrected chi connectivity index (χ3v) is 4.54. The van der Waals surface area contributed by atoms with Gasteiger partial charge in [-0.2, -0.15) is 13.2 Å². The summed E-state index contributed by atoms with van der Waals surface area (Å²) in [7, 11) is 3.55. The van der Waals surface area contributed by atoms with Crippen LogP contribution in [-0.4, -0.2) is 36.8 Å². The van der Waals surface area contributed by atoms with Crippen LogP contribution in [-0.2, 0) is 0 Å². The smallest absolute Gasteiger partial charge is 0.362 e. The van der Waals surface area contributed by atoms with Gasteiger partial charge >= 0.3 is 6.18 Å². The van der Waals surface area contributed by atoms with E-state index in [4.69, 9.17) is 0 Å². The molecule has 0 bridgehead atoms. The molecule has 2 rings (SSSR count). The van der Waals surface area contributed by atoms with Gasteiger partial charge in [0.2, 0.25) is 0 Å². The van der Waals surface area contributed by atoms with Crippen molar-refractivity contribution in [1.82, 2.24) is 4.90 Å². The molecular formula is C18H18F4N2S. The van der Waals surface area contributed by atoms with E-state index < -0.39 is 17.7 Å². The number of nitrogens with zero attached hydrogens (tertiary/aromatic N) is 2. The summed E-state index contributed by atoms with van der Waals surface area (Å²) in [4.78, 5) is 6.44. The first-order valence-corrected chi connectivity index (χ1v) is 8.47. The van der Waals surface area contributed by atoms with Crippen LogP contribution >= 0.6 is 11.8 Å². The first kappa shape index (κ1) is 19.3. The second-order valence-corrected chi connectivity index (χ2v) is 6.69. The molecule has 0 heterocycles.